The number of ether oxygens (including phenoxy) is 1. The van der Waals surface area contributed by atoms with Crippen LogP contribution in [0.4, 0.5) is 4.39 Å². The summed E-state index contributed by atoms with van der Waals surface area (Å²) in [4.78, 5) is 0. The first-order valence-corrected chi connectivity index (χ1v) is 5.69. The smallest absolute Gasteiger partial charge is 0.131 e. The highest BCUT2D eigenvalue weighted by molar-refractivity contribution is 9.10. The molecule has 0 bridgehead atoms. The van der Waals surface area contributed by atoms with E-state index in [-0.39, 0.29) is 11.7 Å². The SMILES string of the molecule is COc1cc(Br)cc(F)c1[C@@H]1C[C@H]1CN. The van der Waals surface area contributed by atoms with E-state index in [1.165, 1.54) is 6.07 Å². The highest BCUT2D eigenvalue weighted by atomic mass is 79.9. The fourth-order valence-electron chi connectivity index (χ4n) is 1.95. The average molecular weight is 274 g/mol. The molecular formula is C11H13BrFNO. The highest BCUT2D eigenvalue weighted by Crippen LogP contribution is 2.51. The molecule has 4 heteroatoms. The van der Waals surface area contributed by atoms with E-state index in [1.54, 1.807) is 13.2 Å². The Morgan fingerprint density at radius 2 is 2.33 bits per heavy atom. The fraction of sp³-hybridized carbons (Fsp3) is 0.455. The molecule has 0 aromatic heterocycles. The summed E-state index contributed by atoms with van der Waals surface area (Å²) in [6.07, 6.45) is 0.964. The van der Waals surface area contributed by atoms with E-state index < -0.39 is 0 Å². The Kier molecular flexibility index (Phi) is 2.98. The Hall–Kier alpha value is -0.610. The van der Waals surface area contributed by atoms with Crippen LogP contribution in [-0.2, 0) is 0 Å². The number of hydrogen-bond donors (Lipinski definition) is 1. The number of halogens is 2. The fourth-order valence-corrected chi connectivity index (χ4v) is 2.36. The molecule has 0 radical (unpaired) electrons. The van der Waals surface area contributed by atoms with Crippen LogP contribution in [0.2, 0.25) is 0 Å². The zero-order chi connectivity index (χ0) is 11.0. The summed E-state index contributed by atoms with van der Waals surface area (Å²) >= 11 is 3.24. The number of hydrogen-bond acceptors (Lipinski definition) is 2. The van der Waals surface area contributed by atoms with Crippen molar-refractivity contribution in [1.29, 1.82) is 0 Å². The van der Waals surface area contributed by atoms with Crippen molar-refractivity contribution in [2.45, 2.75) is 12.3 Å². The molecule has 1 saturated carbocycles. The van der Waals surface area contributed by atoms with Crippen molar-refractivity contribution in [1.82, 2.24) is 0 Å². The molecule has 2 atom stereocenters. The van der Waals surface area contributed by atoms with Gasteiger partial charge in [-0.05, 0) is 36.9 Å². The topological polar surface area (TPSA) is 35.2 Å². The predicted molar refractivity (Wildman–Crippen MR) is 60.6 cm³/mol. The molecule has 2 rings (SSSR count). The Labute approximate surface area is 96.7 Å². The van der Waals surface area contributed by atoms with E-state index in [1.807, 2.05) is 0 Å². The lowest BCUT2D eigenvalue weighted by Crippen LogP contribution is -2.03. The largest absolute Gasteiger partial charge is 0.496 e. The summed E-state index contributed by atoms with van der Waals surface area (Å²) in [5, 5.41) is 0. The molecule has 15 heavy (non-hydrogen) atoms. The van der Waals surface area contributed by atoms with E-state index in [2.05, 4.69) is 15.9 Å². The molecule has 2 N–H and O–H groups in total. The Bertz CT molecular complexity index is 383. The second-order valence-corrected chi connectivity index (χ2v) is 4.76. The summed E-state index contributed by atoms with van der Waals surface area (Å²) < 4.78 is 19.6. The third kappa shape index (κ3) is 2.01. The van der Waals surface area contributed by atoms with Crippen LogP contribution >= 0.6 is 15.9 Å². The van der Waals surface area contributed by atoms with E-state index in [9.17, 15) is 4.39 Å². The minimum Gasteiger partial charge on any atom is -0.496 e. The maximum Gasteiger partial charge on any atom is 0.131 e. The van der Waals surface area contributed by atoms with Gasteiger partial charge in [-0.3, -0.25) is 0 Å². The minimum absolute atomic E-state index is 0.206. The summed E-state index contributed by atoms with van der Waals surface area (Å²) in [7, 11) is 1.56. The van der Waals surface area contributed by atoms with Crippen LogP contribution < -0.4 is 10.5 Å². The van der Waals surface area contributed by atoms with E-state index in [0.717, 1.165) is 6.42 Å². The molecule has 0 heterocycles. The lowest BCUT2D eigenvalue weighted by molar-refractivity contribution is 0.403. The molecule has 1 aliphatic rings. The first-order chi connectivity index (χ1) is 7.17. The van der Waals surface area contributed by atoms with Crippen LogP contribution in [-0.4, -0.2) is 13.7 Å². The standard InChI is InChI=1S/C11H13BrFNO/c1-15-10-4-7(12)3-9(13)11(10)8-2-6(8)5-14/h3-4,6,8H,2,5,14H2,1H3/t6-,8+/m0/s1. The Morgan fingerprint density at radius 3 is 2.87 bits per heavy atom. The molecule has 0 unspecified atom stereocenters. The van der Waals surface area contributed by atoms with E-state index in [0.29, 0.717) is 28.2 Å². The van der Waals surface area contributed by atoms with Crippen molar-refractivity contribution in [2.24, 2.45) is 11.7 Å². The van der Waals surface area contributed by atoms with Gasteiger partial charge in [0, 0.05) is 10.0 Å². The van der Waals surface area contributed by atoms with Gasteiger partial charge in [-0.15, -0.1) is 0 Å². The summed E-state index contributed by atoms with van der Waals surface area (Å²) in [6.45, 7) is 0.614. The normalized spacial score (nSPS) is 24.0. The van der Waals surface area contributed by atoms with Gasteiger partial charge in [0.2, 0.25) is 0 Å². The van der Waals surface area contributed by atoms with E-state index in [4.69, 9.17) is 10.5 Å². The van der Waals surface area contributed by atoms with Crippen molar-refractivity contribution in [3.05, 3.63) is 28.0 Å². The van der Waals surface area contributed by atoms with Crippen LogP contribution in [0.5, 0.6) is 5.75 Å². The number of rotatable bonds is 3. The van der Waals surface area contributed by atoms with Crippen molar-refractivity contribution < 1.29 is 9.13 Å². The van der Waals surface area contributed by atoms with Crippen molar-refractivity contribution in [2.75, 3.05) is 13.7 Å². The van der Waals surface area contributed by atoms with Crippen LogP contribution in [0.1, 0.15) is 17.9 Å². The third-order valence-electron chi connectivity index (χ3n) is 2.87. The molecule has 0 amide bonds. The average Bonchev–Trinajstić information content (AvgIpc) is 2.95. The predicted octanol–water partition coefficient (Wildman–Crippen LogP) is 2.66. The maximum atomic E-state index is 13.7. The zero-order valence-corrected chi connectivity index (χ0v) is 10.1. The molecule has 0 aliphatic heterocycles. The first kappa shape index (κ1) is 10.9. The maximum absolute atomic E-state index is 13.7. The van der Waals surface area contributed by atoms with Gasteiger partial charge in [0.15, 0.2) is 0 Å². The molecule has 2 nitrogen and oxygen atoms in total. The van der Waals surface area contributed by atoms with Gasteiger partial charge < -0.3 is 10.5 Å². The van der Waals surface area contributed by atoms with Gasteiger partial charge in [-0.1, -0.05) is 15.9 Å². The van der Waals surface area contributed by atoms with Gasteiger partial charge in [0.05, 0.1) is 7.11 Å². The summed E-state index contributed by atoms with van der Waals surface area (Å²) in [5.74, 6) is 1.05. The van der Waals surface area contributed by atoms with Crippen LogP contribution in [0.25, 0.3) is 0 Å². The Balaban J connectivity index is 2.37. The highest BCUT2D eigenvalue weighted by Gasteiger charge is 2.40. The first-order valence-electron chi connectivity index (χ1n) is 4.90. The summed E-state index contributed by atoms with van der Waals surface area (Å²) in [5.41, 5.74) is 6.24. The van der Waals surface area contributed by atoms with Gasteiger partial charge in [0.25, 0.3) is 0 Å². The lowest BCUT2D eigenvalue weighted by atomic mass is 10.1. The number of nitrogens with two attached hydrogens (primary N) is 1. The zero-order valence-electron chi connectivity index (χ0n) is 8.47. The molecule has 1 aliphatic carbocycles. The van der Waals surface area contributed by atoms with Crippen LogP contribution in [0.15, 0.2) is 16.6 Å². The third-order valence-corrected chi connectivity index (χ3v) is 3.33. The van der Waals surface area contributed by atoms with Gasteiger partial charge in [-0.25, -0.2) is 4.39 Å². The lowest BCUT2D eigenvalue weighted by Gasteiger charge is -2.09. The van der Waals surface area contributed by atoms with Gasteiger partial charge >= 0.3 is 0 Å². The second-order valence-electron chi connectivity index (χ2n) is 3.84. The molecule has 0 spiro atoms. The quantitative estimate of drug-likeness (QED) is 0.919. The van der Waals surface area contributed by atoms with Gasteiger partial charge in [-0.2, -0.15) is 0 Å². The second kappa shape index (κ2) is 4.10. The number of methoxy groups -OCH3 is 1. The molecule has 1 aromatic carbocycles. The Morgan fingerprint density at radius 1 is 1.60 bits per heavy atom. The molecule has 82 valence electrons. The van der Waals surface area contributed by atoms with Gasteiger partial charge in [0.1, 0.15) is 11.6 Å². The number of benzene rings is 1. The van der Waals surface area contributed by atoms with Crippen molar-refractivity contribution in [3.63, 3.8) is 0 Å². The molecular weight excluding hydrogens is 261 g/mol. The molecule has 0 saturated heterocycles. The van der Waals surface area contributed by atoms with Crippen LogP contribution in [0.3, 0.4) is 0 Å². The van der Waals surface area contributed by atoms with E-state index >= 15 is 0 Å². The molecule has 1 aromatic rings. The van der Waals surface area contributed by atoms with Crippen molar-refractivity contribution in [3.8, 4) is 5.75 Å². The monoisotopic (exact) mass is 273 g/mol. The minimum atomic E-state index is -0.206. The van der Waals surface area contributed by atoms with Crippen LogP contribution in [0, 0.1) is 11.7 Å². The molecule has 1 fully saturated rings. The van der Waals surface area contributed by atoms with Crippen molar-refractivity contribution >= 4 is 15.9 Å². The summed E-state index contributed by atoms with van der Waals surface area (Å²) in [6, 6.07) is 3.27.